The van der Waals surface area contributed by atoms with E-state index in [2.05, 4.69) is 27.3 Å². The van der Waals surface area contributed by atoms with Gasteiger partial charge in [0.1, 0.15) is 5.82 Å². The molecule has 0 spiro atoms. The van der Waals surface area contributed by atoms with E-state index in [1.807, 2.05) is 35.7 Å². The van der Waals surface area contributed by atoms with Crippen molar-refractivity contribution in [2.75, 3.05) is 45.9 Å². The highest BCUT2D eigenvalue weighted by atomic mass is 16.6. The van der Waals surface area contributed by atoms with Crippen LogP contribution in [0.25, 0.3) is 5.65 Å². The molecular formula is C19H29N7O2. The number of nitrogens with one attached hydrogen (secondary N) is 1. The van der Waals surface area contributed by atoms with E-state index in [9.17, 15) is 4.79 Å². The van der Waals surface area contributed by atoms with E-state index in [0.29, 0.717) is 26.2 Å². The van der Waals surface area contributed by atoms with Crippen LogP contribution in [0.3, 0.4) is 0 Å². The maximum atomic E-state index is 11.8. The Kier molecular flexibility index (Phi) is 7.05. The first-order chi connectivity index (χ1) is 13.7. The van der Waals surface area contributed by atoms with Crippen LogP contribution in [0.5, 0.6) is 0 Å². The van der Waals surface area contributed by atoms with Gasteiger partial charge in [-0.15, -0.1) is 10.2 Å². The molecule has 1 amide bonds. The van der Waals surface area contributed by atoms with Crippen LogP contribution in [0.4, 0.5) is 4.79 Å². The molecule has 0 aromatic carbocycles. The minimum Gasteiger partial charge on any atom is -0.450 e. The summed E-state index contributed by atoms with van der Waals surface area (Å²) in [4.78, 5) is 20.6. The third kappa shape index (κ3) is 4.90. The summed E-state index contributed by atoms with van der Waals surface area (Å²) in [6.45, 7) is 8.61. The van der Waals surface area contributed by atoms with Crippen LogP contribution in [0.2, 0.25) is 0 Å². The van der Waals surface area contributed by atoms with Crippen molar-refractivity contribution in [1.82, 2.24) is 29.7 Å². The summed E-state index contributed by atoms with van der Waals surface area (Å²) < 4.78 is 7.10. The second kappa shape index (κ2) is 9.91. The minimum absolute atomic E-state index is 0.232. The fourth-order valence-corrected chi connectivity index (χ4v) is 3.22. The molecule has 0 radical (unpaired) electrons. The standard InChI is InChI=1S/C19H29N7O2/c1-3-20-18(24-12-14-25(15-13-24)19(27)28-4-2)21-10-7-9-17-23-22-16-8-5-6-11-26(16)17/h5-6,8,11H,3-4,7,9-10,12-15H2,1-2H3,(H,20,21). The molecule has 3 rings (SSSR count). The highest BCUT2D eigenvalue weighted by Crippen LogP contribution is 2.07. The zero-order chi connectivity index (χ0) is 19.8. The van der Waals surface area contributed by atoms with E-state index >= 15 is 0 Å². The first-order valence-corrected chi connectivity index (χ1v) is 9.96. The molecule has 1 aliphatic heterocycles. The summed E-state index contributed by atoms with van der Waals surface area (Å²) >= 11 is 0. The van der Waals surface area contributed by atoms with Crippen molar-refractivity contribution in [3.05, 3.63) is 30.2 Å². The van der Waals surface area contributed by atoms with Crippen molar-refractivity contribution in [3.8, 4) is 0 Å². The van der Waals surface area contributed by atoms with E-state index in [-0.39, 0.29) is 6.09 Å². The van der Waals surface area contributed by atoms with Gasteiger partial charge in [-0.25, -0.2) is 4.79 Å². The van der Waals surface area contributed by atoms with E-state index in [1.54, 1.807) is 4.90 Å². The van der Waals surface area contributed by atoms with Crippen molar-refractivity contribution < 1.29 is 9.53 Å². The van der Waals surface area contributed by atoms with Crippen LogP contribution in [-0.4, -0.2) is 82.3 Å². The molecule has 0 atom stereocenters. The number of aromatic nitrogens is 3. The number of pyridine rings is 1. The van der Waals surface area contributed by atoms with Gasteiger partial charge >= 0.3 is 6.09 Å². The Morgan fingerprint density at radius 2 is 1.96 bits per heavy atom. The minimum atomic E-state index is -0.232. The smallest absolute Gasteiger partial charge is 0.409 e. The highest BCUT2D eigenvalue weighted by Gasteiger charge is 2.23. The number of carbonyl (C=O) groups is 1. The lowest BCUT2D eigenvalue weighted by Crippen LogP contribution is -2.53. The molecule has 1 aliphatic rings. The maximum absolute atomic E-state index is 11.8. The number of rotatable bonds is 6. The molecule has 3 heterocycles. The summed E-state index contributed by atoms with van der Waals surface area (Å²) in [5, 5.41) is 11.8. The summed E-state index contributed by atoms with van der Waals surface area (Å²) in [6, 6.07) is 5.90. The first-order valence-electron chi connectivity index (χ1n) is 9.96. The lowest BCUT2D eigenvalue weighted by atomic mass is 10.3. The molecule has 0 saturated carbocycles. The fraction of sp³-hybridized carbons (Fsp3) is 0.579. The van der Waals surface area contributed by atoms with Crippen molar-refractivity contribution in [3.63, 3.8) is 0 Å². The molecule has 1 N–H and O–H groups in total. The molecule has 0 unspecified atom stereocenters. The molecule has 0 aliphatic carbocycles. The lowest BCUT2D eigenvalue weighted by molar-refractivity contribution is 0.0914. The van der Waals surface area contributed by atoms with Gasteiger partial charge in [0, 0.05) is 51.9 Å². The summed E-state index contributed by atoms with van der Waals surface area (Å²) in [5.74, 6) is 1.86. The largest absolute Gasteiger partial charge is 0.450 e. The molecule has 2 aromatic heterocycles. The quantitative estimate of drug-likeness (QED) is 0.458. The molecule has 2 aromatic rings. The Hall–Kier alpha value is -2.84. The van der Waals surface area contributed by atoms with Crippen LogP contribution in [0.1, 0.15) is 26.1 Å². The SMILES string of the molecule is CCNC(=NCCCc1nnc2ccccn12)N1CCN(C(=O)OCC)CC1. The number of piperazine rings is 1. The van der Waals surface area contributed by atoms with Gasteiger partial charge in [0.15, 0.2) is 11.6 Å². The predicted molar refractivity (Wildman–Crippen MR) is 107 cm³/mol. The van der Waals surface area contributed by atoms with Crippen molar-refractivity contribution in [1.29, 1.82) is 0 Å². The number of hydrogen-bond acceptors (Lipinski definition) is 5. The number of nitrogens with zero attached hydrogens (tertiary/aromatic N) is 6. The Bertz CT molecular complexity index is 796. The molecule has 9 heteroatoms. The zero-order valence-electron chi connectivity index (χ0n) is 16.7. The van der Waals surface area contributed by atoms with E-state index < -0.39 is 0 Å². The molecule has 28 heavy (non-hydrogen) atoms. The molecule has 9 nitrogen and oxygen atoms in total. The lowest BCUT2D eigenvalue weighted by Gasteiger charge is -2.35. The van der Waals surface area contributed by atoms with Gasteiger partial charge in [-0.2, -0.15) is 0 Å². The van der Waals surface area contributed by atoms with E-state index in [1.165, 1.54) is 0 Å². The number of aliphatic imine (C=N–C) groups is 1. The number of fused-ring (bicyclic) bond motifs is 1. The molecule has 1 saturated heterocycles. The summed E-state index contributed by atoms with van der Waals surface area (Å²) in [7, 11) is 0. The number of hydrogen-bond donors (Lipinski definition) is 1. The summed E-state index contributed by atoms with van der Waals surface area (Å²) in [5.41, 5.74) is 0.869. The predicted octanol–water partition coefficient (Wildman–Crippen LogP) is 1.40. The number of ether oxygens (including phenoxy) is 1. The van der Waals surface area contributed by atoms with Gasteiger partial charge in [-0.1, -0.05) is 6.07 Å². The van der Waals surface area contributed by atoms with Crippen LogP contribution in [-0.2, 0) is 11.2 Å². The van der Waals surface area contributed by atoms with E-state index in [0.717, 1.165) is 49.9 Å². The third-order valence-corrected chi connectivity index (χ3v) is 4.64. The van der Waals surface area contributed by atoms with Gasteiger partial charge in [0.25, 0.3) is 0 Å². The molecular weight excluding hydrogens is 358 g/mol. The third-order valence-electron chi connectivity index (χ3n) is 4.64. The Labute approximate surface area is 165 Å². The maximum Gasteiger partial charge on any atom is 0.409 e. The average Bonchev–Trinajstić information content (AvgIpc) is 3.14. The monoisotopic (exact) mass is 387 g/mol. The van der Waals surface area contributed by atoms with Crippen molar-refractivity contribution in [2.45, 2.75) is 26.7 Å². The van der Waals surface area contributed by atoms with Crippen LogP contribution in [0, 0.1) is 0 Å². The average molecular weight is 387 g/mol. The fourth-order valence-electron chi connectivity index (χ4n) is 3.22. The normalized spacial score (nSPS) is 15.1. The first kappa shape index (κ1) is 19.9. The molecule has 1 fully saturated rings. The number of aryl methyl sites for hydroxylation is 1. The van der Waals surface area contributed by atoms with E-state index in [4.69, 9.17) is 9.73 Å². The van der Waals surface area contributed by atoms with Crippen molar-refractivity contribution in [2.24, 2.45) is 4.99 Å². The van der Waals surface area contributed by atoms with Crippen LogP contribution in [0.15, 0.2) is 29.4 Å². The summed E-state index contributed by atoms with van der Waals surface area (Å²) in [6.07, 6.45) is 3.48. The van der Waals surface area contributed by atoms with Crippen molar-refractivity contribution >= 4 is 17.7 Å². The highest BCUT2D eigenvalue weighted by molar-refractivity contribution is 5.80. The van der Waals surface area contributed by atoms with Gasteiger partial charge in [-0.3, -0.25) is 9.39 Å². The second-order valence-electron chi connectivity index (χ2n) is 6.56. The van der Waals surface area contributed by atoms with Gasteiger partial charge in [0.05, 0.1) is 6.61 Å². The van der Waals surface area contributed by atoms with Gasteiger partial charge in [0.2, 0.25) is 0 Å². The number of amides is 1. The van der Waals surface area contributed by atoms with Gasteiger partial charge < -0.3 is 19.9 Å². The van der Waals surface area contributed by atoms with Gasteiger partial charge in [-0.05, 0) is 32.4 Å². The Morgan fingerprint density at radius 3 is 2.71 bits per heavy atom. The van der Waals surface area contributed by atoms with Crippen LogP contribution < -0.4 is 5.32 Å². The zero-order valence-corrected chi connectivity index (χ0v) is 16.7. The topological polar surface area (TPSA) is 87.4 Å². The molecule has 152 valence electrons. The number of guanidine groups is 1. The number of carbonyl (C=O) groups excluding carboxylic acids is 1. The molecule has 0 bridgehead atoms. The van der Waals surface area contributed by atoms with Crippen LogP contribution >= 0.6 is 0 Å². The second-order valence-corrected chi connectivity index (χ2v) is 6.56. The Balaban J connectivity index is 1.51. The Morgan fingerprint density at radius 1 is 1.18 bits per heavy atom.